The van der Waals surface area contributed by atoms with Gasteiger partial charge in [0.25, 0.3) is 5.69 Å². The molecule has 0 amide bonds. The van der Waals surface area contributed by atoms with Gasteiger partial charge in [-0.05, 0) is 75.5 Å². The van der Waals surface area contributed by atoms with E-state index in [-0.39, 0.29) is 5.97 Å². The Balaban J connectivity index is 0.000000222. The predicted molar refractivity (Wildman–Crippen MR) is 304 cm³/mol. The molecule has 0 bridgehead atoms. The fraction of sp³-hybridized carbons (Fsp3) is 0.134. The molecule has 3 nitrogen and oxygen atoms in total. The normalized spacial score (nSPS) is 13.1. The molecule has 0 aliphatic heterocycles. The van der Waals surface area contributed by atoms with E-state index < -0.39 is 195 Å². The van der Waals surface area contributed by atoms with E-state index in [1.807, 2.05) is 83.6 Å². The van der Waals surface area contributed by atoms with Crippen LogP contribution in [0, 0.1) is 0 Å². The minimum Gasteiger partial charge on any atom is -0.417 e. The molecule has 0 saturated heterocycles. The van der Waals surface area contributed by atoms with Crippen LogP contribution in [-0.4, -0.2) is 12.1 Å². The second kappa shape index (κ2) is 24.2. The second-order valence-electron chi connectivity index (χ2n) is 21.8. The summed E-state index contributed by atoms with van der Waals surface area (Å²) in [7, 11) is 0. The largest absolute Gasteiger partial charge is 0.417 e. The molecule has 0 N–H and O–H groups in total. The van der Waals surface area contributed by atoms with Crippen LogP contribution < -0.4 is 31.2 Å². The molecule has 0 fully saturated rings. The number of benzene rings is 10. The third-order valence-electron chi connectivity index (χ3n) is 15.6. The molecule has 1 heterocycles. The number of esters is 1. The molecule has 0 unspecified atom stereocenters. The van der Waals surface area contributed by atoms with Crippen molar-refractivity contribution in [3.8, 4) is 5.75 Å². The maximum Gasteiger partial charge on any atom is 0.416 e. The molecule has 95 heavy (non-hydrogen) atoms. The highest BCUT2D eigenvalue weighted by molar-refractivity contribution is 7.20. The number of carbonyl (C=O) groups is 1. The summed E-state index contributed by atoms with van der Waals surface area (Å²) < 4.78 is 349. The number of fused-ring (bicyclic) bond motifs is 4. The van der Waals surface area contributed by atoms with E-state index in [0.29, 0.717) is 18.0 Å². The Labute approximate surface area is 518 Å². The molecule has 10 aromatic carbocycles. The highest BCUT2D eigenvalue weighted by Gasteiger charge is 2.47. The molecule has 0 aliphatic carbocycles. The Kier molecular flexibility index (Phi) is 17.4. The van der Waals surface area contributed by atoms with Crippen LogP contribution in [0.25, 0.3) is 43.1 Å². The van der Waals surface area contributed by atoms with Crippen LogP contribution in [0.4, 0.5) is 105 Å². The average Bonchev–Trinajstić information content (AvgIpc) is 0.709. The van der Waals surface area contributed by atoms with Gasteiger partial charge in [0, 0.05) is 22.4 Å². The first-order valence-corrected chi connectivity index (χ1v) is 27.4. The van der Waals surface area contributed by atoms with E-state index in [1.54, 1.807) is 0 Å². The van der Waals surface area contributed by atoms with E-state index in [4.69, 9.17) is 4.74 Å². The molecule has 11 aromatic rings. The van der Waals surface area contributed by atoms with E-state index in [2.05, 4.69) is 54.6 Å². The zero-order valence-electron chi connectivity index (χ0n) is 47.2. The Bertz CT molecular complexity index is 4310. The van der Waals surface area contributed by atoms with Gasteiger partial charge >= 0.3 is 55.4 Å². The third-order valence-corrected chi connectivity index (χ3v) is 15.6. The average molecular weight is 1350 g/mol. The number of rotatable bonds is 8. The number of ether oxygens (including phenoxy) is 1. The maximum absolute atomic E-state index is 14.2. The van der Waals surface area contributed by atoms with Crippen LogP contribution in [0.15, 0.2) is 206 Å². The van der Waals surface area contributed by atoms with E-state index >= 15 is 0 Å². The van der Waals surface area contributed by atoms with Crippen molar-refractivity contribution >= 4 is 77.1 Å². The lowest BCUT2D eigenvalue weighted by Gasteiger charge is -2.46. The Hall–Kier alpha value is -9.76. The Morgan fingerprint density at radius 1 is 0.305 bits per heavy atom. The Morgan fingerprint density at radius 3 is 0.979 bits per heavy atom. The predicted octanol–water partition coefficient (Wildman–Crippen LogP) is 19.1. The number of alkyl halides is 24. The summed E-state index contributed by atoms with van der Waals surface area (Å²) in [6, 6.07) is 34.2. The van der Waals surface area contributed by atoms with Gasteiger partial charge in [0.15, 0.2) is 12.7 Å². The molecule has 0 aliphatic rings. The molecule has 28 heteroatoms. The molecule has 0 radical (unpaired) electrons. The van der Waals surface area contributed by atoms with E-state index in [0.717, 1.165) is 48.7 Å². The molecular weight excluding hydrogens is 1320 g/mol. The summed E-state index contributed by atoms with van der Waals surface area (Å²) in [6.07, 6.45) is -52.8. The molecule has 0 spiro atoms. The van der Waals surface area contributed by atoms with E-state index in [9.17, 15) is 110 Å². The summed E-state index contributed by atoms with van der Waals surface area (Å²) in [5.74, 6) is 0.219. The smallest absolute Gasteiger partial charge is 0.416 e. The van der Waals surface area contributed by atoms with Gasteiger partial charge in [-0.25, -0.2) is 4.79 Å². The first-order chi connectivity index (χ1) is 44.0. The summed E-state index contributed by atoms with van der Waals surface area (Å²) in [5, 5.41) is 8.04. The highest BCUT2D eigenvalue weighted by Crippen LogP contribution is 2.43. The van der Waals surface area contributed by atoms with Gasteiger partial charge in [-0.1, -0.05) is 146 Å². The van der Waals surface area contributed by atoms with Crippen LogP contribution >= 0.6 is 0 Å². The lowest BCUT2D eigenvalue weighted by molar-refractivity contribution is -0.689. The number of hydrogen-bond acceptors (Lipinski definition) is 2. The van der Waals surface area contributed by atoms with Crippen LogP contribution in [0.3, 0.4) is 0 Å². The van der Waals surface area contributed by atoms with Crippen molar-refractivity contribution in [1.82, 2.24) is 0 Å². The first kappa shape index (κ1) is 68.1. The molecule has 0 atom stereocenters. The lowest BCUT2D eigenvalue weighted by atomic mass is 9.12. The zero-order valence-corrected chi connectivity index (χ0v) is 47.2. The lowest BCUT2D eigenvalue weighted by Crippen LogP contribution is -2.75. The van der Waals surface area contributed by atoms with Crippen LogP contribution in [0.2, 0.25) is 0 Å². The summed E-state index contributed by atoms with van der Waals surface area (Å²) in [4.78, 5) is 14.1. The van der Waals surface area contributed by atoms with Gasteiger partial charge in [0.2, 0.25) is 0 Å². The molecular formula is C67H36BF24NO2. The second-order valence-corrected chi connectivity index (χ2v) is 21.8. The minimum atomic E-state index is -6.13. The van der Waals surface area contributed by atoms with Gasteiger partial charge in [0.05, 0.1) is 49.9 Å². The third kappa shape index (κ3) is 14.2. The number of nitrogens with zero attached hydrogens (tertiary/aromatic N) is 1. The van der Waals surface area contributed by atoms with Gasteiger partial charge in [0.1, 0.15) is 11.9 Å². The van der Waals surface area contributed by atoms with Crippen molar-refractivity contribution in [3.63, 3.8) is 0 Å². The topological polar surface area (TPSA) is 30.2 Å². The summed E-state index contributed by atoms with van der Waals surface area (Å²) >= 11 is 0. The quantitative estimate of drug-likeness (QED) is 0.0379. The molecule has 0 saturated carbocycles. The number of hydrogen-bond donors (Lipinski definition) is 0. The minimum absolute atomic E-state index is 0.372. The van der Waals surface area contributed by atoms with Crippen LogP contribution in [0.5, 0.6) is 5.75 Å². The summed E-state index contributed by atoms with van der Waals surface area (Å²) in [5.41, 5.74) is -28.6. The van der Waals surface area contributed by atoms with Crippen LogP contribution in [0.1, 0.15) is 60.6 Å². The number of pyridine rings is 1. The van der Waals surface area contributed by atoms with Crippen molar-refractivity contribution in [2.24, 2.45) is 0 Å². The number of carbonyl (C=O) groups excluding carboxylic acids is 1. The molecule has 492 valence electrons. The van der Waals surface area contributed by atoms with Crippen molar-refractivity contribution in [3.05, 3.63) is 262 Å². The van der Waals surface area contributed by atoms with Crippen molar-refractivity contribution < 1.29 is 119 Å². The zero-order chi connectivity index (χ0) is 69.4. The number of aromatic nitrogens is 1. The van der Waals surface area contributed by atoms with E-state index in [1.165, 1.54) is 0 Å². The summed E-state index contributed by atoms with van der Waals surface area (Å²) in [6.45, 7) is 0.566. The first-order valence-electron chi connectivity index (χ1n) is 27.4. The van der Waals surface area contributed by atoms with Gasteiger partial charge < -0.3 is 4.74 Å². The van der Waals surface area contributed by atoms with Crippen molar-refractivity contribution in [2.45, 2.75) is 56.0 Å². The van der Waals surface area contributed by atoms with Crippen LogP contribution in [-0.2, 0) is 56.0 Å². The highest BCUT2D eigenvalue weighted by atomic mass is 19.4. The fourth-order valence-corrected chi connectivity index (χ4v) is 11.4. The van der Waals surface area contributed by atoms with Gasteiger partial charge in [-0.3, -0.25) is 0 Å². The SMILES string of the molecule is FC(F)(F)c1cc([B-](c2cc(C(F)(F)F)cc(C(F)(F)F)c2)(c2cc(C(F)(F)F)cc(C(F)(F)F)c2)c2cc(C(F)(F)F)cc(C(F)(F)F)c2)cc(C(F)(F)F)c1.O=C(Oc1c2ccccc2cc2cc3ccccc3cc12)c1c2ccccc2cc[n+]1Cc1ccccc1. The standard InChI is InChI=1S/C35H24NO2.C32H12BF24/c37-35(33-30-16-8-6-12-25(30)18-19-36(33)23-24-10-2-1-3-11-24)38-34-31-17-9-7-15-28(31)21-29-20-26-13-4-5-14-27(26)22-32(29)34;34-25(35,36)13-1-14(26(37,38)39)6-21(5-13)33(22-7-15(27(40,41)42)2-16(8-22)28(43,44)45,23-9-17(29(46,47)48)3-18(10-23)30(49,50)51)24-11-19(31(52,53)54)4-20(12-24)32(55,56)57/h1-22H,23H2;1-12H/q+1;-1. The van der Waals surface area contributed by atoms with Crippen molar-refractivity contribution in [1.29, 1.82) is 0 Å². The van der Waals surface area contributed by atoms with Gasteiger partial charge in [-0.15, -0.1) is 0 Å². The van der Waals surface area contributed by atoms with Gasteiger partial charge in [-0.2, -0.15) is 132 Å². The molecule has 11 rings (SSSR count). The number of halogens is 24. The monoisotopic (exact) mass is 1350 g/mol. The fourth-order valence-electron chi connectivity index (χ4n) is 11.4. The molecule has 1 aromatic heterocycles. The maximum atomic E-state index is 14.2. The Morgan fingerprint density at radius 2 is 0.611 bits per heavy atom. The van der Waals surface area contributed by atoms with Crippen molar-refractivity contribution in [2.75, 3.05) is 0 Å².